The second kappa shape index (κ2) is 8.97. The first kappa shape index (κ1) is 21.1. The lowest BCUT2D eigenvalue weighted by atomic mass is 9.98. The number of aromatic nitrogens is 1. The highest BCUT2D eigenvalue weighted by Crippen LogP contribution is 2.39. The SMILES string of the molecule is NCc1ccc(-c2ccc(C(=O)N3N=C(c4cccnc4)CC3c3ccccc3O)s2)cc1. The summed E-state index contributed by atoms with van der Waals surface area (Å²) in [5.74, 6) is -0.0493. The number of aromatic hydroxyl groups is 1. The number of hydrogen-bond acceptors (Lipinski definition) is 6. The summed E-state index contributed by atoms with van der Waals surface area (Å²) < 4.78 is 0. The van der Waals surface area contributed by atoms with Crippen molar-refractivity contribution in [2.45, 2.75) is 19.0 Å². The summed E-state index contributed by atoms with van der Waals surface area (Å²) >= 11 is 1.43. The molecule has 3 N–H and O–H groups in total. The van der Waals surface area contributed by atoms with Gasteiger partial charge in [0.05, 0.1) is 16.6 Å². The van der Waals surface area contributed by atoms with Crippen molar-refractivity contribution in [1.29, 1.82) is 0 Å². The number of nitrogens with zero attached hydrogens (tertiary/aromatic N) is 3. The molecule has 4 aromatic rings. The molecular formula is C26H22N4O2S. The van der Waals surface area contributed by atoms with E-state index in [-0.39, 0.29) is 11.7 Å². The van der Waals surface area contributed by atoms with Gasteiger partial charge in [-0.2, -0.15) is 5.10 Å². The molecule has 0 bridgehead atoms. The number of phenols is 1. The maximum absolute atomic E-state index is 13.6. The molecule has 2 aromatic heterocycles. The van der Waals surface area contributed by atoms with Crippen molar-refractivity contribution >= 4 is 23.0 Å². The monoisotopic (exact) mass is 454 g/mol. The van der Waals surface area contributed by atoms with Gasteiger partial charge in [-0.15, -0.1) is 11.3 Å². The van der Waals surface area contributed by atoms with E-state index in [0.717, 1.165) is 27.3 Å². The van der Waals surface area contributed by atoms with E-state index in [0.29, 0.717) is 23.4 Å². The fraction of sp³-hybridized carbons (Fsp3) is 0.115. The normalized spacial score (nSPS) is 15.5. The van der Waals surface area contributed by atoms with Crippen molar-refractivity contribution in [1.82, 2.24) is 9.99 Å². The molecule has 1 atom stereocenters. The van der Waals surface area contributed by atoms with Crippen molar-refractivity contribution in [2.24, 2.45) is 10.8 Å². The van der Waals surface area contributed by atoms with Crippen molar-refractivity contribution in [3.63, 3.8) is 0 Å². The van der Waals surface area contributed by atoms with Crippen LogP contribution < -0.4 is 5.73 Å². The van der Waals surface area contributed by atoms with Crippen molar-refractivity contribution < 1.29 is 9.90 Å². The van der Waals surface area contributed by atoms with Gasteiger partial charge in [0.2, 0.25) is 0 Å². The fourth-order valence-electron chi connectivity index (χ4n) is 3.94. The third kappa shape index (κ3) is 4.16. The number of rotatable bonds is 5. The third-order valence-electron chi connectivity index (χ3n) is 5.70. The number of pyridine rings is 1. The van der Waals surface area contributed by atoms with Crippen LogP contribution in [-0.4, -0.2) is 26.7 Å². The van der Waals surface area contributed by atoms with Gasteiger partial charge in [0.15, 0.2) is 0 Å². The van der Waals surface area contributed by atoms with E-state index < -0.39 is 6.04 Å². The van der Waals surface area contributed by atoms with E-state index in [4.69, 9.17) is 5.73 Å². The molecule has 1 unspecified atom stereocenters. The minimum atomic E-state index is -0.400. The molecule has 6 nitrogen and oxygen atoms in total. The zero-order valence-electron chi connectivity index (χ0n) is 17.8. The Morgan fingerprint density at radius 2 is 1.85 bits per heavy atom. The Balaban J connectivity index is 1.49. The molecule has 0 saturated heterocycles. The standard InChI is InChI=1S/C26H22N4O2S/c27-15-17-7-9-18(10-8-17)24-11-12-25(33-24)26(32)30-22(20-5-1-2-6-23(20)31)14-21(29-30)19-4-3-13-28-16-19/h1-13,16,22,31H,14-15,27H2. The van der Waals surface area contributed by atoms with Crippen molar-refractivity contribution in [3.8, 4) is 16.2 Å². The van der Waals surface area contributed by atoms with Gasteiger partial charge in [-0.05, 0) is 35.4 Å². The predicted molar refractivity (Wildman–Crippen MR) is 130 cm³/mol. The molecule has 1 aliphatic heterocycles. The molecule has 1 amide bonds. The Kier molecular flexibility index (Phi) is 5.73. The highest BCUT2D eigenvalue weighted by atomic mass is 32.1. The molecule has 0 saturated carbocycles. The van der Waals surface area contributed by atoms with Crippen LogP contribution in [0.4, 0.5) is 0 Å². The highest BCUT2D eigenvalue weighted by Gasteiger charge is 2.35. The number of para-hydroxylation sites is 1. The van der Waals surface area contributed by atoms with Gasteiger partial charge in [-0.1, -0.05) is 48.5 Å². The van der Waals surface area contributed by atoms with E-state index in [2.05, 4.69) is 10.1 Å². The lowest BCUT2D eigenvalue weighted by Gasteiger charge is -2.22. The third-order valence-corrected chi connectivity index (χ3v) is 6.82. The van der Waals surface area contributed by atoms with E-state index >= 15 is 0 Å². The van der Waals surface area contributed by atoms with Crippen LogP contribution in [0.3, 0.4) is 0 Å². The molecule has 164 valence electrons. The summed E-state index contributed by atoms with van der Waals surface area (Å²) in [7, 11) is 0. The number of amides is 1. The van der Waals surface area contributed by atoms with E-state index in [1.165, 1.54) is 16.3 Å². The van der Waals surface area contributed by atoms with Gasteiger partial charge >= 0.3 is 0 Å². The number of hydrogen-bond donors (Lipinski definition) is 2. The molecule has 7 heteroatoms. The predicted octanol–water partition coefficient (Wildman–Crippen LogP) is 4.97. The minimum Gasteiger partial charge on any atom is -0.508 e. The van der Waals surface area contributed by atoms with Crippen LogP contribution in [0.15, 0.2) is 90.3 Å². The zero-order chi connectivity index (χ0) is 22.8. The molecule has 0 fully saturated rings. The van der Waals surface area contributed by atoms with Crippen LogP contribution in [0.5, 0.6) is 5.75 Å². The van der Waals surface area contributed by atoms with Crippen LogP contribution in [0.1, 0.15) is 38.8 Å². The summed E-state index contributed by atoms with van der Waals surface area (Å²) in [5, 5.41) is 16.7. The van der Waals surface area contributed by atoms with Crippen LogP contribution in [0, 0.1) is 0 Å². The maximum Gasteiger partial charge on any atom is 0.284 e. The first-order valence-electron chi connectivity index (χ1n) is 10.6. The number of thiophene rings is 1. The van der Waals surface area contributed by atoms with Crippen LogP contribution in [0.2, 0.25) is 0 Å². The molecule has 0 spiro atoms. The summed E-state index contributed by atoms with van der Waals surface area (Å²) in [6, 6.07) is 22.3. The van der Waals surface area contributed by atoms with Gasteiger partial charge in [0, 0.05) is 41.4 Å². The molecule has 3 heterocycles. The first-order chi connectivity index (χ1) is 16.1. The van der Waals surface area contributed by atoms with Gasteiger partial charge in [-0.3, -0.25) is 9.78 Å². The van der Waals surface area contributed by atoms with E-state index in [9.17, 15) is 9.90 Å². The van der Waals surface area contributed by atoms with Gasteiger partial charge < -0.3 is 10.8 Å². The van der Waals surface area contributed by atoms with E-state index in [1.807, 2.05) is 60.7 Å². The number of carbonyl (C=O) groups is 1. The number of nitrogens with two attached hydrogens (primary N) is 1. The van der Waals surface area contributed by atoms with Crippen LogP contribution in [-0.2, 0) is 6.54 Å². The first-order valence-corrected chi connectivity index (χ1v) is 11.4. The quantitative estimate of drug-likeness (QED) is 0.446. The molecule has 33 heavy (non-hydrogen) atoms. The lowest BCUT2D eigenvalue weighted by Crippen LogP contribution is -2.26. The topological polar surface area (TPSA) is 91.8 Å². The Labute approximate surface area is 195 Å². The molecular weight excluding hydrogens is 432 g/mol. The average molecular weight is 455 g/mol. The molecule has 5 rings (SSSR count). The minimum absolute atomic E-state index is 0.148. The smallest absolute Gasteiger partial charge is 0.284 e. The molecule has 2 aromatic carbocycles. The number of phenolic OH excluding ortho intramolecular Hbond substituents is 1. The molecule has 0 radical (unpaired) electrons. The summed E-state index contributed by atoms with van der Waals surface area (Å²) in [6.07, 6.45) is 3.94. The lowest BCUT2D eigenvalue weighted by molar-refractivity contribution is 0.0714. The largest absolute Gasteiger partial charge is 0.508 e. The Morgan fingerprint density at radius 3 is 2.58 bits per heavy atom. The van der Waals surface area contributed by atoms with Gasteiger partial charge in [0.1, 0.15) is 5.75 Å². The molecule has 0 aliphatic carbocycles. The van der Waals surface area contributed by atoms with Crippen LogP contribution in [0.25, 0.3) is 10.4 Å². The molecule has 1 aliphatic rings. The number of carbonyl (C=O) groups excluding carboxylic acids is 1. The Bertz CT molecular complexity index is 1320. The second-order valence-corrected chi connectivity index (χ2v) is 8.87. The fourth-order valence-corrected chi connectivity index (χ4v) is 4.89. The zero-order valence-corrected chi connectivity index (χ0v) is 18.6. The number of benzene rings is 2. The Hall–Kier alpha value is -3.81. The van der Waals surface area contributed by atoms with Crippen LogP contribution >= 0.6 is 11.3 Å². The van der Waals surface area contributed by atoms with Crippen molar-refractivity contribution in [2.75, 3.05) is 0 Å². The van der Waals surface area contributed by atoms with Crippen molar-refractivity contribution in [3.05, 3.63) is 107 Å². The maximum atomic E-state index is 13.6. The Morgan fingerprint density at radius 1 is 1.03 bits per heavy atom. The van der Waals surface area contributed by atoms with E-state index in [1.54, 1.807) is 24.5 Å². The van der Waals surface area contributed by atoms with Gasteiger partial charge in [-0.25, -0.2) is 5.01 Å². The second-order valence-electron chi connectivity index (χ2n) is 7.78. The summed E-state index contributed by atoms with van der Waals surface area (Å²) in [4.78, 5) is 19.3. The van der Waals surface area contributed by atoms with Gasteiger partial charge in [0.25, 0.3) is 5.91 Å². The number of hydrazone groups is 1. The average Bonchev–Trinajstić information content (AvgIpc) is 3.53. The highest BCUT2D eigenvalue weighted by molar-refractivity contribution is 7.17. The summed E-state index contributed by atoms with van der Waals surface area (Å²) in [6.45, 7) is 0.494. The summed E-state index contributed by atoms with van der Waals surface area (Å²) in [5.41, 5.74) is 10.1.